The first-order valence-electron chi connectivity index (χ1n) is 3.63. The minimum absolute atomic E-state index is 1.30. The van der Waals surface area contributed by atoms with E-state index in [0.717, 1.165) is 0 Å². The lowest BCUT2D eigenvalue weighted by molar-refractivity contribution is -0.170. The van der Waals surface area contributed by atoms with Crippen LogP contribution in [0.5, 0.6) is 0 Å². The Morgan fingerprint density at radius 1 is 1.13 bits per heavy atom. The van der Waals surface area contributed by atoms with Gasteiger partial charge < -0.3 is 35.7 Å². The largest absolute Gasteiger partial charge is 0.506 e. The maximum absolute atomic E-state index is 10.6. The third-order valence-corrected chi connectivity index (χ3v) is 2.03. The van der Waals surface area contributed by atoms with Crippen LogP contribution in [-0.4, -0.2) is 53.4 Å². The summed E-state index contributed by atoms with van der Waals surface area (Å²) >= 11 is 0. The predicted molar refractivity (Wildman–Crippen MR) is 43.2 cm³/mol. The first-order valence-corrected chi connectivity index (χ1v) is 3.63. The molecule has 0 aromatic rings. The molecule has 0 saturated heterocycles. The lowest BCUT2D eigenvalue weighted by atomic mass is 9.87. The Bertz CT molecular complexity index is 380. The van der Waals surface area contributed by atoms with Gasteiger partial charge >= 0.3 is 5.97 Å². The highest BCUT2D eigenvalue weighted by Gasteiger charge is 2.55. The molecular weight excluding hydrogens is 212 g/mol. The number of hydrogen-bond donors (Lipinski definition) is 7. The van der Waals surface area contributed by atoms with Crippen molar-refractivity contribution in [1.82, 2.24) is 0 Å². The third-order valence-electron chi connectivity index (χ3n) is 2.03. The van der Waals surface area contributed by atoms with Crippen LogP contribution < -0.4 is 0 Å². The molecule has 1 aliphatic carbocycles. The van der Waals surface area contributed by atoms with Crippen LogP contribution in [-0.2, 0) is 4.79 Å². The number of hydrogen-bond acceptors (Lipinski definition) is 7. The van der Waals surface area contributed by atoms with Gasteiger partial charge in [0.25, 0.3) is 5.60 Å². The van der Waals surface area contributed by atoms with Crippen molar-refractivity contribution in [3.05, 3.63) is 23.0 Å². The summed E-state index contributed by atoms with van der Waals surface area (Å²) in [6.45, 7) is 0. The molecule has 0 saturated carbocycles. The highest BCUT2D eigenvalue weighted by atomic mass is 16.4. The Labute approximate surface area is 82.3 Å². The zero-order valence-corrected chi connectivity index (χ0v) is 7.12. The van der Waals surface area contributed by atoms with E-state index in [0.29, 0.717) is 0 Å². The topological polar surface area (TPSA) is 159 Å². The molecule has 0 heterocycles. The van der Waals surface area contributed by atoms with Gasteiger partial charge in [0.2, 0.25) is 11.5 Å². The molecule has 1 rings (SSSR count). The van der Waals surface area contributed by atoms with Crippen molar-refractivity contribution in [2.24, 2.45) is 0 Å². The minimum atomic E-state index is -3.29. The fourth-order valence-corrected chi connectivity index (χ4v) is 1.09. The van der Waals surface area contributed by atoms with E-state index in [4.69, 9.17) is 30.6 Å². The van der Waals surface area contributed by atoms with Gasteiger partial charge in [-0.3, -0.25) is 0 Å². The second-order valence-corrected chi connectivity index (χ2v) is 2.91. The molecule has 15 heavy (non-hydrogen) atoms. The van der Waals surface area contributed by atoms with Crippen molar-refractivity contribution < 1.29 is 40.5 Å². The van der Waals surface area contributed by atoms with Gasteiger partial charge in [-0.2, -0.15) is 0 Å². The molecule has 1 aliphatic rings. The summed E-state index contributed by atoms with van der Waals surface area (Å²) in [5, 5.41) is 62.8. The van der Waals surface area contributed by atoms with E-state index in [-0.39, 0.29) is 0 Å². The maximum atomic E-state index is 10.6. The van der Waals surface area contributed by atoms with E-state index in [1.54, 1.807) is 0 Å². The Morgan fingerprint density at radius 3 is 2.00 bits per heavy atom. The molecule has 0 radical (unpaired) electrons. The average Bonchev–Trinajstić information content (AvgIpc) is 2.20. The molecule has 0 bridgehead atoms. The normalized spacial score (nSPS) is 32.0. The number of carboxylic acids is 1. The molecule has 0 amide bonds. The number of aliphatic carboxylic acids is 1. The summed E-state index contributed by atoms with van der Waals surface area (Å²) < 4.78 is 0. The summed E-state index contributed by atoms with van der Waals surface area (Å²) in [6.07, 6.45) is -2.48. The third kappa shape index (κ3) is 1.19. The Hall–Kier alpha value is -1.93. The first-order chi connectivity index (χ1) is 6.74. The molecule has 8 nitrogen and oxygen atoms in total. The molecule has 0 spiro atoms. The zero-order valence-electron chi connectivity index (χ0n) is 7.12. The van der Waals surface area contributed by atoms with Gasteiger partial charge in [-0.25, -0.2) is 4.79 Å². The molecular formula is C7H8O8. The molecule has 0 aromatic carbocycles. The standard InChI is InChI=1S/C7H8O8/c8-1-2(9)4(11)7(15,6(13)14)5(12)3(1)10/h4,8-12,15H,(H,13,14). The van der Waals surface area contributed by atoms with E-state index in [9.17, 15) is 9.90 Å². The first kappa shape index (κ1) is 11.1. The van der Waals surface area contributed by atoms with E-state index in [1.165, 1.54) is 0 Å². The average molecular weight is 220 g/mol. The lowest BCUT2D eigenvalue weighted by Gasteiger charge is -2.31. The molecule has 8 heteroatoms. The van der Waals surface area contributed by atoms with Gasteiger partial charge in [0.1, 0.15) is 0 Å². The predicted octanol–water partition coefficient (Wildman–Crippen LogP) is -1.17. The quantitative estimate of drug-likeness (QED) is 0.291. The summed E-state index contributed by atoms with van der Waals surface area (Å²) in [4.78, 5) is 10.6. The van der Waals surface area contributed by atoms with Crippen LogP contribution in [0, 0.1) is 0 Å². The molecule has 7 N–H and O–H groups in total. The van der Waals surface area contributed by atoms with E-state index >= 15 is 0 Å². The molecule has 2 unspecified atom stereocenters. The molecule has 0 fully saturated rings. The fourth-order valence-electron chi connectivity index (χ4n) is 1.09. The molecule has 2 atom stereocenters. The highest BCUT2D eigenvalue weighted by Crippen LogP contribution is 2.33. The van der Waals surface area contributed by atoms with Crippen LogP contribution in [0.4, 0.5) is 0 Å². The number of rotatable bonds is 1. The van der Waals surface area contributed by atoms with Crippen molar-refractivity contribution in [2.75, 3.05) is 0 Å². The second kappa shape index (κ2) is 3.04. The maximum Gasteiger partial charge on any atom is 0.347 e. The van der Waals surface area contributed by atoms with Crippen LogP contribution in [0.2, 0.25) is 0 Å². The lowest BCUT2D eigenvalue weighted by Crippen LogP contribution is -2.54. The Kier molecular flexibility index (Phi) is 2.26. The minimum Gasteiger partial charge on any atom is -0.506 e. The van der Waals surface area contributed by atoms with Gasteiger partial charge in [-0.05, 0) is 0 Å². The number of aliphatic hydroxyl groups is 6. The van der Waals surface area contributed by atoms with Gasteiger partial charge in [0.15, 0.2) is 17.6 Å². The highest BCUT2D eigenvalue weighted by molar-refractivity contribution is 5.83. The Balaban J connectivity index is 3.45. The number of aliphatic hydroxyl groups excluding tert-OH is 5. The monoisotopic (exact) mass is 220 g/mol. The fraction of sp³-hybridized carbons (Fsp3) is 0.286. The van der Waals surface area contributed by atoms with Crippen LogP contribution >= 0.6 is 0 Å². The molecule has 0 aliphatic heterocycles. The summed E-state index contributed by atoms with van der Waals surface area (Å²) in [5.74, 6) is -7.72. The summed E-state index contributed by atoms with van der Waals surface area (Å²) in [5.41, 5.74) is -3.29. The van der Waals surface area contributed by atoms with Crippen LogP contribution in [0.15, 0.2) is 23.0 Å². The van der Waals surface area contributed by atoms with Crippen molar-refractivity contribution in [3.8, 4) is 0 Å². The number of carbonyl (C=O) groups is 1. The zero-order chi connectivity index (χ0) is 12.0. The van der Waals surface area contributed by atoms with E-state index in [2.05, 4.69) is 0 Å². The number of carboxylic acid groups (broad SMARTS) is 1. The smallest absolute Gasteiger partial charge is 0.347 e. The van der Waals surface area contributed by atoms with Gasteiger partial charge in [-0.1, -0.05) is 0 Å². The van der Waals surface area contributed by atoms with Crippen molar-refractivity contribution in [1.29, 1.82) is 0 Å². The van der Waals surface area contributed by atoms with Crippen molar-refractivity contribution in [3.63, 3.8) is 0 Å². The second-order valence-electron chi connectivity index (χ2n) is 2.91. The Morgan fingerprint density at radius 2 is 1.60 bits per heavy atom. The van der Waals surface area contributed by atoms with Crippen LogP contribution in [0.1, 0.15) is 0 Å². The molecule has 84 valence electrons. The molecule has 0 aromatic heterocycles. The van der Waals surface area contributed by atoms with Crippen LogP contribution in [0.25, 0.3) is 0 Å². The van der Waals surface area contributed by atoms with E-state index in [1.807, 2.05) is 0 Å². The van der Waals surface area contributed by atoms with Crippen molar-refractivity contribution >= 4 is 5.97 Å². The summed E-state index contributed by atoms with van der Waals surface area (Å²) in [6, 6.07) is 0. The van der Waals surface area contributed by atoms with Gasteiger partial charge in [0, 0.05) is 0 Å². The van der Waals surface area contributed by atoms with Crippen molar-refractivity contribution in [2.45, 2.75) is 11.7 Å². The van der Waals surface area contributed by atoms with Gasteiger partial charge in [-0.15, -0.1) is 0 Å². The van der Waals surface area contributed by atoms with Gasteiger partial charge in [0.05, 0.1) is 0 Å². The van der Waals surface area contributed by atoms with Crippen LogP contribution in [0.3, 0.4) is 0 Å². The summed E-state index contributed by atoms with van der Waals surface area (Å²) in [7, 11) is 0. The van der Waals surface area contributed by atoms with E-state index < -0.39 is 40.7 Å². The SMILES string of the molecule is O=C(O)C1(O)C(O)=C(O)C(O)=C(O)C1O.